The Morgan fingerprint density at radius 1 is 1.20 bits per heavy atom. The first kappa shape index (κ1) is 16.8. The van der Waals surface area contributed by atoms with E-state index in [2.05, 4.69) is 35.5 Å². The quantitative estimate of drug-likeness (QED) is 0.743. The van der Waals surface area contributed by atoms with Gasteiger partial charge in [-0.1, -0.05) is 42.0 Å². The molecular weight excluding hydrogens is 314 g/mol. The summed E-state index contributed by atoms with van der Waals surface area (Å²) < 4.78 is 7.31. The van der Waals surface area contributed by atoms with Crippen LogP contribution in [0.25, 0.3) is 0 Å². The van der Waals surface area contributed by atoms with Crippen LogP contribution in [0.3, 0.4) is 0 Å². The summed E-state index contributed by atoms with van der Waals surface area (Å²) in [4.78, 5) is 12.5. The minimum Gasteiger partial charge on any atom is -0.493 e. The molecule has 1 amide bonds. The van der Waals surface area contributed by atoms with Gasteiger partial charge in [-0.05, 0) is 31.5 Å². The lowest BCUT2D eigenvalue weighted by molar-refractivity contribution is 0.102. The van der Waals surface area contributed by atoms with Crippen LogP contribution >= 0.6 is 0 Å². The highest BCUT2D eigenvalue weighted by molar-refractivity contribution is 6.06. The smallest absolute Gasteiger partial charge is 0.259 e. The molecule has 3 aromatic rings. The van der Waals surface area contributed by atoms with Crippen molar-refractivity contribution in [3.8, 4) is 5.75 Å². The number of carbonyl (C=O) groups is 1. The fourth-order valence-electron chi connectivity index (χ4n) is 2.65. The van der Waals surface area contributed by atoms with Crippen LogP contribution in [0, 0.1) is 6.92 Å². The lowest BCUT2D eigenvalue weighted by Crippen LogP contribution is -2.13. The number of aryl methyl sites for hydroxylation is 1. The molecule has 5 heteroatoms. The van der Waals surface area contributed by atoms with Crippen LogP contribution in [0.15, 0.2) is 60.9 Å². The Morgan fingerprint density at radius 2 is 2.04 bits per heavy atom. The molecule has 1 heterocycles. The lowest BCUT2D eigenvalue weighted by atomic mass is 10.1. The van der Waals surface area contributed by atoms with E-state index in [4.69, 9.17) is 4.74 Å². The van der Waals surface area contributed by atoms with Crippen LogP contribution in [-0.4, -0.2) is 22.3 Å². The van der Waals surface area contributed by atoms with Crippen molar-refractivity contribution >= 4 is 11.6 Å². The second kappa shape index (κ2) is 7.66. The van der Waals surface area contributed by atoms with E-state index in [0.717, 1.165) is 0 Å². The van der Waals surface area contributed by atoms with Gasteiger partial charge < -0.3 is 10.1 Å². The van der Waals surface area contributed by atoms with Gasteiger partial charge in [-0.25, -0.2) is 0 Å². The average molecular weight is 335 g/mol. The molecule has 0 aliphatic heterocycles. The summed E-state index contributed by atoms with van der Waals surface area (Å²) in [5.74, 6) is 0.369. The van der Waals surface area contributed by atoms with Crippen molar-refractivity contribution in [2.24, 2.45) is 0 Å². The molecule has 0 atom stereocenters. The van der Waals surface area contributed by atoms with E-state index >= 15 is 0 Å². The van der Waals surface area contributed by atoms with E-state index in [0.29, 0.717) is 30.2 Å². The van der Waals surface area contributed by atoms with Crippen LogP contribution < -0.4 is 10.1 Å². The molecule has 0 saturated heterocycles. The zero-order chi connectivity index (χ0) is 17.6. The van der Waals surface area contributed by atoms with E-state index in [1.807, 2.05) is 31.3 Å². The number of hydrogen-bond donors (Lipinski definition) is 1. The van der Waals surface area contributed by atoms with Crippen LogP contribution in [0.1, 0.15) is 28.4 Å². The first-order valence-electron chi connectivity index (χ1n) is 8.27. The van der Waals surface area contributed by atoms with Gasteiger partial charge in [0.2, 0.25) is 0 Å². The Hall–Kier alpha value is -3.08. The third-order valence-corrected chi connectivity index (χ3v) is 3.75. The third-order valence-electron chi connectivity index (χ3n) is 3.75. The molecule has 0 aliphatic rings. The monoisotopic (exact) mass is 335 g/mol. The fraction of sp³-hybridized carbons (Fsp3) is 0.200. The summed E-state index contributed by atoms with van der Waals surface area (Å²) in [6.07, 6.45) is 3.47. The number of para-hydroxylation sites is 1. The summed E-state index contributed by atoms with van der Waals surface area (Å²) >= 11 is 0. The second-order valence-corrected chi connectivity index (χ2v) is 5.80. The number of nitrogens with one attached hydrogen (secondary N) is 1. The highest BCUT2D eigenvalue weighted by Gasteiger charge is 2.13. The van der Waals surface area contributed by atoms with Crippen LogP contribution in [-0.2, 0) is 6.54 Å². The molecule has 0 spiro atoms. The number of anilines is 1. The minimum atomic E-state index is -0.209. The average Bonchev–Trinajstić information content (AvgIpc) is 3.02. The number of hydrogen-bond acceptors (Lipinski definition) is 3. The molecular formula is C20H21N3O2. The SMILES string of the molecule is CCOc1ccccc1C(=O)Nc1cnn(Cc2cccc(C)c2)c1. The molecule has 0 bridgehead atoms. The molecule has 25 heavy (non-hydrogen) atoms. The first-order chi connectivity index (χ1) is 12.2. The van der Waals surface area contributed by atoms with Gasteiger partial charge in [-0.15, -0.1) is 0 Å². The number of nitrogens with zero attached hydrogens (tertiary/aromatic N) is 2. The first-order valence-corrected chi connectivity index (χ1v) is 8.27. The summed E-state index contributed by atoms with van der Waals surface area (Å²) in [6.45, 7) is 5.13. The van der Waals surface area contributed by atoms with Crippen LogP contribution in [0.5, 0.6) is 5.75 Å². The molecule has 1 N–H and O–H groups in total. The molecule has 0 unspecified atom stereocenters. The maximum absolute atomic E-state index is 12.5. The van der Waals surface area contributed by atoms with Gasteiger partial charge in [0, 0.05) is 6.20 Å². The summed E-state index contributed by atoms with van der Waals surface area (Å²) in [7, 11) is 0. The fourth-order valence-corrected chi connectivity index (χ4v) is 2.65. The highest BCUT2D eigenvalue weighted by Crippen LogP contribution is 2.19. The van der Waals surface area contributed by atoms with Crippen molar-refractivity contribution in [1.29, 1.82) is 0 Å². The number of benzene rings is 2. The molecule has 2 aromatic carbocycles. The molecule has 128 valence electrons. The van der Waals surface area contributed by atoms with Crippen molar-refractivity contribution in [3.05, 3.63) is 77.6 Å². The number of rotatable bonds is 6. The van der Waals surface area contributed by atoms with E-state index in [9.17, 15) is 4.79 Å². The summed E-state index contributed by atoms with van der Waals surface area (Å²) in [6, 6.07) is 15.5. The molecule has 1 aromatic heterocycles. The van der Waals surface area contributed by atoms with Crippen molar-refractivity contribution in [3.63, 3.8) is 0 Å². The minimum absolute atomic E-state index is 0.209. The lowest BCUT2D eigenvalue weighted by Gasteiger charge is -2.09. The van der Waals surface area contributed by atoms with E-state index in [1.54, 1.807) is 23.0 Å². The van der Waals surface area contributed by atoms with Gasteiger partial charge in [-0.3, -0.25) is 9.48 Å². The number of aromatic nitrogens is 2. The molecule has 0 fully saturated rings. The van der Waals surface area contributed by atoms with Gasteiger partial charge in [0.05, 0.1) is 30.6 Å². The topological polar surface area (TPSA) is 56.1 Å². The predicted molar refractivity (Wildman–Crippen MR) is 98.1 cm³/mol. The summed E-state index contributed by atoms with van der Waals surface area (Å²) in [5, 5.41) is 7.19. The van der Waals surface area contributed by atoms with Gasteiger partial charge in [-0.2, -0.15) is 5.10 Å². The van der Waals surface area contributed by atoms with Crippen LogP contribution in [0.4, 0.5) is 5.69 Å². The Balaban J connectivity index is 1.70. The Bertz CT molecular complexity index is 871. The maximum Gasteiger partial charge on any atom is 0.259 e. The Morgan fingerprint density at radius 3 is 2.84 bits per heavy atom. The number of carbonyl (C=O) groups excluding carboxylic acids is 1. The Labute approximate surface area is 147 Å². The van der Waals surface area contributed by atoms with Crippen molar-refractivity contribution < 1.29 is 9.53 Å². The van der Waals surface area contributed by atoms with Gasteiger partial charge >= 0.3 is 0 Å². The van der Waals surface area contributed by atoms with E-state index in [-0.39, 0.29) is 5.91 Å². The van der Waals surface area contributed by atoms with Gasteiger partial charge in [0.15, 0.2) is 0 Å². The Kier molecular flexibility index (Phi) is 5.14. The third kappa shape index (κ3) is 4.26. The van der Waals surface area contributed by atoms with E-state index < -0.39 is 0 Å². The zero-order valence-corrected chi connectivity index (χ0v) is 14.4. The maximum atomic E-state index is 12.5. The molecule has 0 radical (unpaired) electrons. The summed E-state index contributed by atoms with van der Waals surface area (Å²) in [5.41, 5.74) is 3.55. The molecule has 0 aliphatic carbocycles. The number of ether oxygens (including phenoxy) is 1. The zero-order valence-electron chi connectivity index (χ0n) is 14.4. The number of amides is 1. The van der Waals surface area contributed by atoms with E-state index in [1.165, 1.54) is 11.1 Å². The second-order valence-electron chi connectivity index (χ2n) is 5.80. The standard InChI is InChI=1S/C20H21N3O2/c1-3-25-19-10-5-4-9-18(19)20(24)22-17-12-21-23(14-17)13-16-8-6-7-15(2)11-16/h4-12,14H,3,13H2,1-2H3,(H,22,24). The largest absolute Gasteiger partial charge is 0.493 e. The van der Waals surface area contributed by atoms with Crippen molar-refractivity contribution in [2.75, 3.05) is 11.9 Å². The van der Waals surface area contributed by atoms with Gasteiger partial charge in [0.1, 0.15) is 5.75 Å². The van der Waals surface area contributed by atoms with Crippen molar-refractivity contribution in [2.45, 2.75) is 20.4 Å². The molecule has 3 rings (SSSR count). The molecule has 0 saturated carbocycles. The highest BCUT2D eigenvalue weighted by atomic mass is 16.5. The predicted octanol–water partition coefficient (Wildman–Crippen LogP) is 3.89. The van der Waals surface area contributed by atoms with Gasteiger partial charge in [0.25, 0.3) is 5.91 Å². The van der Waals surface area contributed by atoms with Crippen LogP contribution in [0.2, 0.25) is 0 Å². The molecule has 5 nitrogen and oxygen atoms in total. The normalized spacial score (nSPS) is 10.5. The van der Waals surface area contributed by atoms with Crippen molar-refractivity contribution in [1.82, 2.24) is 9.78 Å².